The quantitative estimate of drug-likeness (QED) is 0.904. The Hall–Kier alpha value is -1.59. The number of likely N-dealkylation sites (N-methyl/N-ethyl adjacent to an activating group) is 1. The summed E-state index contributed by atoms with van der Waals surface area (Å²) < 4.78 is 11.0. The number of amides is 1. The van der Waals surface area contributed by atoms with Crippen LogP contribution in [0.1, 0.15) is 24.0 Å². The van der Waals surface area contributed by atoms with Crippen molar-refractivity contribution in [2.45, 2.75) is 31.0 Å². The zero-order valence-electron chi connectivity index (χ0n) is 12.2. The van der Waals surface area contributed by atoms with Crippen molar-refractivity contribution in [3.63, 3.8) is 0 Å². The average Bonchev–Trinajstić information content (AvgIpc) is 2.96. The number of carbonyl (C=O) groups is 1. The zero-order chi connectivity index (χ0) is 14.9. The van der Waals surface area contributed by atoms with Gasteiger partial charge in [-0.3, -0.25) is 0 Å². The average molecular weight is 291 g/mol. The van der Waals surface area contributed by atoms with Crippen molar-refractivity contribution in [2.24, 2.45) is 0 Å². The maximum absolute atomic E-state index is 11.2. The van der Waals surface area contributed by atoms with Crippen LogP contribution in [0.2, 0.25) is 0 Å². The molecule has 2 aliphatic rings. The van der Waals surface area contributed by atoms with Gasteiger partial charge in [0.25, 0.3) is 0 Å². The minimum absolute atomic E-state index is 0.0982. The lowest BCUT2D eigenvalue weighted by atomic mass is 9.61. The van der Waals surface area contributed by atoms with Gasteiger partial charge in [-0.1, -0.05) is 24.3 Å². The van der Waals surface area contributed by atoms with Gasteiger partial charge in [0, 0.05) is 19.0 Å². The summed E-state index contributed by atoms with van der Waals surface area (Å²) in [6, 6.07) is 8.30. The van der Waals surface area contributed by atoms with Gasteiger partial charge in [-0.25, -0.2) is 4.79 Å². The Kier molecular flexibility index (Phi) is 3.87. The molecule has 1 N–H and O–H groups in total. The Labute approximate surface area is 124 Å². The Balaban J connectivity index is 1.74. The van der Waals surface area contributed by atoms with E-state index in [1.807, 2.05) is 12.1 Å². The molecule has 0 aromatic heterocycles. The molecular weight excluding hydrogens is 270 g/mol. The number of carboxylic acid groups (broad SMARTS) is 1. The highest BCUT2D eigenvalue weighted by atomic mass is 16.7. The van der Waals surface area contributed by atoms with Gasteiger partial charge in [0.15, 0.2) is 6.29 Å². The maximum Gasteiger partial charge on any atom is 0.407 e. The molecule has 3 rings (SSSR count). The summed E-state index contributed by atoms with van der Waals surface area (Å²) in [6.07, 6.45) is 1.60. The van der Waals surface area contributed by atoms with Crippen LogP contribution < -0.4 is 0 Å². The van der Waals surface area contributed by atoms with Crippen molar-refractivity contribution in [3.05, 3.63) is 35.4 Å². The number of nitrogens with zero attached hydrogens (tertiary/aromatic N) is 1. The second-order valence-corrected chi connectivity index (χ2v) is 5.96. The molecule has 0 radical (unpaired) electrons. The van der Waals surface area contributed by atoms with Gasteiger partial charge >= 0.3 is 6.09 Å². The number of ether oxygens (including phenoxy) is 2. The highest BCUT2D eigenvalue weighted by Gasteiger charge is 2.44. The minimum atomic E-state index is -0.882. The summed E-state index contributed by atoms with van der Waals surface area (Å²) in [5.41, 5.74) is 2.50. The predicted molar refractivity (Wildman–Crippen MR) is 77.4 cm³/mol. The Morgan fingerprint density at radius 1 is 1.38 bits per heavy atom. The molecule has 0 bridgehead atoms. The fourth-order valence-corrected chi connectivity index (χ4v) is 3.48. The first-order valence-electron chi connectivity index (χ1n) is 7.36. The van der Waals surface area contributed by atoms with Crippen LogP contribution in [0, 0.1) is 0 Å². The number of rotatable bonds is 5. The van der Waals surface area contributed by atoms with Gasteiger partial charge in [-0.05, 0) is 30.4 Å². The SMILES string of the molecule is CN(CC1(CCC2OCCO2)Cc2ccccc21)C(=O)O. The molecule has 0 spiro atoms. The van der Waals surface area contributed by atoms with Gasteiger partial charge in [0.2, 0.25) is 0 Å². The first kappa shape index (κ1) is 14.4. The summed E-state index contributed by atoms with van der Waals surface area (Å²) in [6.45, 7) is 1.83. The van der Waals surface area contributed by atoms with Crippen molar-refractivity contribution < 1.29 is 19.4 Å². The van der Waals surface area contributed by atoms with Gasteiger partial charge in [-0.2, -0.15) is 0 Å². The van der Waals surface area contributed by atoms with E-state index in [0.29, 0.717) is 19.8 Å². The number of hydrogen-bond acceptors (Lipinski definition) is 3. The Bertz CT molecular complexity index is 527. The van der Waals surface area contributed by atoms with Gasteiger partial charge < -0.3 is 19.5 Å². The molecule has 5 nitrogen and oxygen atoms in total. The third-order valence-electron chi connectivity index (χ3n) is 4.53. The Morgan fingerprint density at radius 2 is 2.10 bits per heavy atom. The number of hydrogen-bond donors (Lipinski definition) is 1. The molecule has 5 heteroatoms. The van der Waals surface area contributed by atoms with Gasteiger partial charge in [0.1, 0.15) is 0 Å². The molecule has 1 heterocycles. The summed E-state index contributed by atoms with van der Waals surface area (Å²) in [5.74, 6) is 0. The highest BCUT2D eigenvalue weighted by Crippen LogP contribution is 2.45. The summed E-state index contributed by atoms with van der Waals surface area (Å²) in [5, 5.41) is 9.17. The molecule has 1 aliphatic carbocycles. The van der Waals surface area contributed by atoms with Gasteiger partial charge in [0.05, 0.1) is 13.2 Å². The van der Waals surface area contributed by atoms with Crippen LogP contribution in [0.15, 0.2) is 24.3 Å². The zero-order valence-corrected chi connectivity index (χ0v) is 12.2. The molecule has 21 heavy (non-hydrogen) atoms. The smallest absolute Gasteiger partial charge is 0.407 e. The van der Waals surface area contributed by atoms with E-state index in [4.69, 9.17) is 14.6 Å². The lowest BCUT2D eigenvalue weighted by molar-refractivity contribution is -0.0527. The molecular formula is C16H21NO4. The van der Waals surface area contributed by atoms with Crippen LogP contribution in [0.25, 0.3) is 0 Å². The van der Waals surface area contributed by atoms with Crippen LogP contribution in [0.3, 0.4) is 0 Å². The normalized spacial score (nSPS) is 24.4. The standard InChI is InChI=1S/C16H21NO4/c1-17(15(18)19)11-16(7-6-14-20-8-9-21-14)10-12-4-2-3-5-13(12)16/h2-5,14H,6-11H2,1H3,(H,18,19). The van der Waals surface area contributed by atoms with E-state index in [-0.39, 0.29) is 11.7 Å². The molecule has 1 amide bonds. The lowest BCUT2D eigenvalue weighted by Gasteiger charge is -2.46. The minimum Gasteiger partial charge on any atom is -0.465 e. The first-order valence-corrected chi connectivity index (χ1v) is 7.36. The van der Waals surface area contributed by atoms with Crippen LogP contribution in [0.4, 0.5) is 4.79 Å². The van der Waals surface area contributed by atoms with E-state index in [1.165, 1.54) is 16.0 Å². The third-order valence-corrected chi connectivity index (χ3v) is 4.53. The van der Waals surface area contributed by atoms with E-state index in [1.54, 1.807) is 7.05 Å². The number of benzene rings is 1. The molecule has 1 fully saturated rings. The van der Waals surface area contributed by atoms with Crippen LogP contribution in [-0.4, -0.2) is 49.2 Å². The molecule has 1 saturated heterocycles. The summed E-state index contributed by atoms with van der Waals surface area (Å²) in [4.78, 5) is 12.5. The van der Waals surface area contributed by atoms with E-state index in [9.17, 15) is 4.79 Å². The summed E-state index contributed by atoms with van der Waals surface area (Å²) >= 11 is 0. The van der Waals surface area contributed by atoms with E-state index < -0.39 is 6.09 Å². The topological polar surface area (TPSA) is 59.0 Å². The molecule has 1 aromatic rings. The monoisotopic (exact) mass is 291 g/mol. The molecule has 1 aromatic carbocycles. The van der Waals surface area contributed by atoms with Crippen molar-refractivity contribution in [3.8, 4) is 0 Å². The first-order chi connectivity index (χ1) is 10.1. The highest BCUT2D eigenvalue weighted by molar-refractivity contribution is 5.65. The maximum atomic E-state index is 11.2. The second kappa shape index (κ2) is 5.66. The van der Waals surface area contributed by atoms with E-state index >= 15 is 0 Å². The van der Waals surface area contributed by atoms with E-state index in [2.05, 4.69) is 12.1 Å². The van der Waals surface area contributed by atoms with Crippen molar-refractivity contribution in [2.75, 3.05) is 26.8 Å². The van der Waals surface area contributed by atoms with Crippen LogP contribution in [0.5, 0.6) is 0 Å². The largest absolute Gasteiger partial charge is 0.465 e. The van der Waals surface area contributed by atoms with E-state index in [0.717, 1.165) is 19.3 Å². The Morgan fingerprint density at radius 3 is 2.76 bits per heavy atom. The second-order valence-electron chi connectivity index (χ2n) is 5.96. The van der Waals surface area contributed by atoms with Crippen molar-refractivity contribution in [1.29, 1.82) is 0 Å². The molecule has 1 aliphatic heterocycles. The predicted octanol–water partition coefficient (Wildman–Crippen LogP) is 2.24. The summed E-state index contributed by atoms with van der Waals surface area (Å²) in [7, 11) is 1.63. The molecule has 1 unspecified atom stereocenters. The fourth-order valence-electron chi connectivity index (χ4n) is 3.48. The molecule has 114 valence electrons. The van der Waals surface area contributed by atoms with Crippen LogP contribution in [-0.2, 0) is 21.3 Å². The molecule has 1 atom stereocenters. The molecule has 0 saturated carbocycles. The fraction of sp³-hybridized carbons (Fsp3) is 0.562. The lowest BCUT2D eigenvalue weighted by Crippen LogP contribution is -2.49. The number of fused-ring (bicyclic) bond motifs is 1. The third kappa shape index (κ3) is 2.76. The van der Waals surface area contributed by atoms with Crippen molar-refractivity contribution in [1.82, 2.24) is 4.90 Å². The van der Waals surface area contributed by atoms with Gasteiger partial charge in [-0.15, -0.1) is 0 Å². The van der Waals surface area contributed by atoms with Crippen molar-refractivity contribution >= 4 is 6.09 Å². The van der Waals surface area contributed by atoms with Crippen LogP contribution >= 0.6 is 0 Å².